The molecule has 34 heavy (non-hydrogen) atoms. The zero-order valence-corrected chi connectivity index (χ0v) is 19.9. The molecule has 0 saturated heterocycles. The van der Waals surface area contributed by atoms with Gasteiger partial charge in [-0.3, -0.25) is 9.59 Å². The van der Waals surface area contributed by atoms with Crippen LogP contribution in [-0.2, 0) is 37.7 Å². The average molecular weight is 482 g/mol. The molecule has 0 aromatic heterocycles. The van der Waals surface area contributed by atoms with Crippen molar-refractivity contribution in [2.45, 2.75) is 6.42 Å². The Morgan fingerprint density at radius 3 is 1.32 bits per heavy atom. The molecule has 0 heterocycles. The van der Waals surface area contributed by atoms with Crippen LogP contribution in [-0.4, -0.2) is 23.2 Å². The van der Waals surface area contributed by atoms with Gasteiger partial charge in [0.2, 0.25) is 0 Å². The van der Waals surface area contributed by atoms with Crippen LogP contribution in [0.2, 0.25) is 0 Å². The summed E-state index contributed by atoms with van der Waals surface area (Å²) in [5.41, 5.74) is 2.81. The number of benzene rings is 4. The number of fused-ring (bicyclic) bond motifs is 6. The summed E-state index contributed by atoms with van der Waals surface area (Å²) in [6, 6.07) is 35.5. The zero-order valence-electron chi connectivity index (χ0n) is 18.3. The second-order valence-electron chi connectivity index (χ2n) is 7.61. The van der Waals surface area contributed by atoms with E-state index in [1.54, 1.807) is 0 Å². The molecule has 6 rings (SSSR count). The van der Waals surface area contributed by atoms with Gasteiger partial charge in [-0.05, 0) is 0 Å². The topological polar surface area (TPSA) is 74.6 Å². The molecule has 0 amide bonds. The summed E-state index contributed by atoms with van der Waals surface area (Å²) in [5, 5.41) is 24.6. The fourth-order valence-electron chi connectivity index (χ4n) is 4.60. The summed E-state index contributed by atoms with van der Waals surface area (Å²) in [5.74, 6) is 0. The summed E-state index contributed by atoms with van der Waals surface area (Å²) < 4.78 is 0. The molecule has 5 heteroatoms. The molecule has 4 nitrogen and oxygen atoms in total. The molecular weight excluding hydrogens is 460 g/mol. The predicted octanol–water partition coefficient (Wildman–Crippen LogP) is 6.73. The summed E-state index contributed by atoms with van der Waals surface area (Å²) in [7, 11) is 0. The van der Waals surface area contributed by atoms with Crippen LogP contribution in [0.4, 0.5) is 0 Å². The van der Waals surface area contributed by atoms with Gasteiger partial charge in [0.25, 0.3) is 12.9 Å². The molecule has 0 atom stereocenters. The second kappa shape index (κ2) is 11.4. The molecule has 0 aliphatic heterocycles. The molecule has 0 fully saturated rings. The van der Waals surface area contributed by atoms with Crippen molar-refractivity contribution in [3.63, 3.8) is 0 Å². The molecule has 0 aliphatic carbocycles. The van der Waals surface area contributed by atoms with E-state index in [1.165, 1.54) is 54.2 Å². The molecule has 6 aromatic carbocycles. The van der Waals surface area contributed by atoms with Crippen molar-refractivity contribution in [2.75, 3.05) is 0 Å². The first kappa shape index (κ1) is 24.9. The van der Waals surface area contributed by atoms with E-state index in [1.807, 2.05) is 0 Å². The van der Waals surface area contributed by atoms with Gasteiger partial charge >= 0.3 is 21.7 Å². The van der Waals surface area contributed by atoms with Crippen molar-refractivity contribution in [3.8, 4) is 0 Å². The van der Waals surface area contributed by atoms with Crippen molar-refractivity contribution < 1.29 is 41.5 Å². The van der Waals surface area contributed by atoms with Crippen LogP contribution in [0, 0.1) is 0 Å². The van der Waals surface area contributed by atoms with E-state index < -0.39 is 0 Å². The molecule has 0 saturated carbocycles. The minimum Gasteiger partial charge on any atom is -0.483 e. The summed E-state index contributed by atoms with van der Waals surface area (Å²) >= 11 is 0. The van der Waals surface area contributed by atoms with Crippen molar-refractivity contribution in [1.29, 1.82) is 0 Å². The summed E-state index contributed by atoms with van der Waals surface area (Å²) in [4.78, 5) is 16.7. The Morgan fingerprint density at radius 2 is 0.912 bits per heavy atom. The molecular formula is C29H22O4Ti. The fourth-order valence-corrected chi connectivity index (χ4v) is 4.60. The normalized spacial score (nSPS) is 10.1. The third kappa shape index (κ3) is 4.79. The van der Waals surface area contributed by atoms with Gasteiger partial charge in [-0.15, -0.1) is 78.5 Å². The number of hydrogen-bond donors (Lipinski definition) is 2. The van der Waals surface area contributed by atoms with Crippen LogP contribution in [0.25, 0.3) is 43.1 Å². The minimum atomic E-state index is -0.250. The quantitative estimate of drug-likeness (QED) is 0.163. The van der Waals surface area contributed by atoms with Gasteiger partial charge in [0.15, 0.2) is 0 Å². The maximum Gasteiger partial charge on any atom is 2.00 e. The minimum absolute atomic E-state index is 0. The van der Waals surface area contributed by atoms with Crippen molar-refractivity contribution in [1.82, 2.24) is 0 Å². The first-order valence-corrected chi connectivity index (χ1v) is 10.5. The van der Waals surface area contributed by atoms with E-state index in [4.69, 9.17) is 19.8 Å². The van der Waals surface area contributed by atoms with Gasteiger partial charge in [0.05, 0.1) is 0 Å². The van der Waals surface area contributed by atoms with Crippen LogP contribution in [0.1, 0.15) is 11.1 Å². The Kier molecular flexibility index (Phi) is 8.36. The van der Waals surface area contributed by atoms with Gasteiger partial charge < -0.3 is 10.2 Å². The number of hydrogen-bond acceptors (Lipinski definition) is 2. The predicted molar refractivity (Wildman–Crippen MR) is 134 cm³/mol. The molecule has 166 valence electrons. The van der Waals surface area contributed by atoms with E-state index in [0.717, 1.165) is 6.42 Å². The van der Waals surface area contributed by atoms with Crippen molar-refractivity contribution in [2.24, 2.45) is 0 Å². The van der Waals surface area contributed by atoms with Crippen molar-refractivity contribution in [3.05, 3.63) is 108 Å². The molecule has 0 spiro atoms. The van der Waals surface area contributed by atoms with Gasteiger partial charge in [-0.25, -0.2) is 0 Å². The van der Waals surface area contributed by atoms with E-state index >= 15 is 0 Å². The molecule has 0 bridgehead atoms. The van der Waals surface area contributed by atoms with Crippen molar-refractivity contribution >= 4 is 56.0 Å². The maximum absolute atomic E-state index is 8.36. The Hall–Kier alpha value is -3.73. The first-order valence-electron chi connectivity index (χ1n) is 10.5. The van der Waals surface area contributed by atoms with Crippen LogP contribution in [0.15, 0.2) is 97.1 Å². The van der Waals surface area contributed by atoms with Crippen LogP contribution in [0.3, 0.4) is 0 Å². The van der Waals surface area contributed by atoms with Crippen LogP contribution >= 0.6 is 0 Å². The molecule has 6 aromatic rings. The first-order chi connectivity index (χ1) is 16.2. The van der Waals surface area contributed by atoms with Gasteiger partial charge in [-0.1, -0.05) is 79.2 Å². The third-order valence-corrected chi connectivity index (χ3v) is 5.88. The molecule has 0 aliphatic rings. The summed E-state index contributed by atoms with van der Waals surface area (Å²) in [6.45, 7) is -0.500. The third-order valence-electron chi connectivity index (χ3n) is 5.88. The van der Waals surface area contributed by atoms with Gasteiger partial charge in [0, 0.05) is 0 Å². The smallest absolute Gasteiger partial charge is 0.483 e. The number of rotatable bonds is 2. The Balaban J connectivity index is 0.000000423. The Labute approximate surface area is 211 Å². The van der Waals surface area contributed by atoms with E-state index in [0.29, 0.717) is 0 Å². The Bertz CT molecular complexity index is 1440. The van der Waals surface area contributed by atoms with Crippen LogP contribution < -0.4 is 0 Å². The molecule has 0 unspecified atom stereocenters. The largest absolute Gasteiger partial charge is 2.00 e. The Morgan fingerprint density at radius 1 is 0.559 bits per heavy atom. The second-order valence-corrected chi connectivity index (χ2v) is 7.61. The van der Waals surface area contributed by atoms with E-state index in [2.05, 4.69) is 97.1 Å². The fraction of sp³-hybridized carbons (Fsp3) is 0.0345. The number of carboxylic acid groups (broad SMARTS) is 2. The van der Waals surface area contributed by atoms with E-state index in [9.17, 15) is 0 Å². The number of carbonyl (C=O) groups is 2. The monoisotopic (exact) mass is 482 g/mol. The van der Waals surface area contributed by atoms with E-state index in [-0.39, 0.29) is 34.7 Å². The maximum atomic E-state index is 8.36. The zero-order chi connectivity index (χ0) is 23.2. The SMILES string of the molecule is O=CO.O=CO.[Ti+2].c1ccc2c(c1)[cH-]c1c(Cc3cccc4c3[cH-]c3ccccc34)cccc12. The molecule has 2 N–H and O–H groups in total. The van der Waals surface area contributed by atoms with Gasteiger partial charge in [-0.2, -0.15) is 0 Å². The molecule has 0 radical (unpaired) electrons. The van der Waals surface area contributed by atoms with Gasteiger partial charge in [0.1, 0.15) is 0 Å². The standard InChI is InChI=1S/C27H18.2CH2O2.Ti/c1-3-11-22-20(7-1)16-26-18(9-5-13-24(22)26)15-19-10-6-14-25-23-12-4-2-8-21(23)17-27(19)25;2*2-1-3;/h1-14,16-17H,15H2;2*1H,(H,2,3);/q-2;;;+2. The summed E-state index contributed by atoms with van der Waals surface area (Å²) in [6.07, 6.45) is 0.960. The van der Waals surface area contributed by atoms with Crippen LogP contribution in [0.5, 0.6) is 0 Å². The average Bonchev–Trinajstić information content (AvgIpc) is 3.40.